The molecule has 0 aromatic heterocycles. The molecule has 0 unspecified atom stereocenters. The number of ether oxygens (including phenoxy) is 2. The summed E-state index contributed by atoms with van der Waals surface area (Å²) in [6.45, 7) is 10.7. The minimum absolute atomic E-state index is 0.134. The number of carbonyl (C=O) groups excluding carboxylic acids is 2. The van der Waals surface area contributed by atoms with Crippen molar-refractivity contribution in [2.75, 3.05) is 7.11 Å². The largest absolute Gasteiger partial charge is 0.459 e. The van der Waals surface area contributed by atoms with E-state index in [1.807, 2.05) is 13.8 Å². The molecule has 1 rings (SSSR count). The second-order valence-corrected chi connectivity index (χ2v) is 8.86. The van der Waals surface area contributed by atoms with Gasteiger partial charge in [-0.25, -0.2) is 0 Å². The van der Waals surface area contributed by atoms with Crippen molar-refractivity contribution in [1.29, 1.82) is 0 Å². The van der Waals surface area contributed by atoms with Crippen molar-refractivity contribution in [3.8, 4) is 0 Å². The lowest BCUT2D eigenvalue weighted by Gasteiger charge is -2.39. The van der Waals surface area contributed by atoms with E-state index in [1.165, 1.54) is 6.92 Å². The van der Waals surface area contributed by atoms with Gasteiger partial charge in [-0.3, -0.25) is 9.59 Å². The third kappa shape index (κ3) is 6.00. The Labute approximate surface area is 163 Å². The Balaban J connectivity index is 3.20. The fourth-order valence-electron chi connectivity index (χ4n) is 4.17. The average Bonchev–Trinajstić information content (AvgIpc) is 2.61. The van der Waals surface area contributed by atoms with E-state index in [-0.39, 0.29) is 24.0 Å². The molecule has 1 heterocycles. The molecular formula is C21H38O6. The standard InChI is InChI=1S/C21H38O6/c1-8-17-21(6,25)18(23)15(4)16(22)9-10-20(5,26-7)12-13(2)11-14(3)19(24)27-17/h13-15,17-18,23,25H,8-12H2,1-7H3/t13-,14+,15-,17+,18+,20+,21+/m0/s1. The molecule has 2 N–H and O–H groups in total. The van der Waals surface area contributed by atoms with Gasteiger partial charge in [0.2, 0.25) is 0 Å². The second kappa shape index (κ2) is 9.48. The Morgan fingerprint density at radius 3 is 2.33 bits per heavy atom. The van der Waals surface area contributed by atoms with Crippen molar-refractivity contribution in [2.45, 2.75) is 97.1 Å². The molecule has 0 aliphatic carbocycles. The molecule has 6 nitrogen and oxygen atoms in total. The van der Waals surface area contributed by atoms with Crippen LogP contribution in [0.1, 0.15) is 73.6 Å². The van der Waals surface area contributed by atoms with Gasteiger partial charge in [-0.1, -0.05) is 27.7 Å². The predicted molar refractivity (Wildman–Crippen MR) is 103 cm³/mol. The van der Waals surface area contributed by atoms with Crippen molar-refractivity contribution in [2.24, 2.45) is 17.8 Å². The summed E-state index contributed by atoms with van der Waals surface area (Å²) < 4.78 is 11.2. The molecule has 1 aliphatic heterocycles. The molecule has 0 spiro atoms. The first kappa shape index (κ1) is 24.1. The highest BCUT2D eigenvalue weighted by atomic mass is 16.6. The van der Waals surface area contributed by atoms with Crippen LogP contribution in [0.4, 0.5) is 0 Å². The first-order valence-corrected chi connectivity index (χ1v) is 10.1. The molecule has 0 aromatic rings. The van der Waals surface area contributed by atoms with Crippen LogP contribution in [0.2, 0.25) is 0 Å². The normalized spacial score (nSPS) is 43.1. The van der Waals surface area contributed by atoms with Gasteiger partial charge in [0.25, 0.3) is 0 Å². The zero-order valence-corrected chi connectivity index (χ0v) is 17.9. The second-order valence-electron chi connectivity index (χ2n) is 8.86. The van der Waals surface area contributed by atoms with Gasteiger partial charge >= 0.3 is 5.97 Å². The average molecular weight is 387 g/mol. The highest BCUT2D eigenvalue weighted by Crippen LogP contribution is 2.33. The summed E-state index contributed by atoms with van der Waals surface area (Å²) in [5.74, 6) is -1.42. The van der Waals surface area contributed by atoms with Crippen LogP contribution < -0.4 is 0 Å². The van der Waals surface area contributed by atoms with E-state index in [0.29, 0.717) is 19.3 Å². The van der Waals surface area contributed by atoms with E-state index < -0.39 is 35.3 Å². The molecule has 0 bridgehead atoms. The maximum atomic E-state index is 12.6. The van der Waals surface area contributed by atoms with Gasteiger partial charge in [0.05, 0.1) is 17.6 Å². The third-order valence-corrected chi connectivity index (χ3v) is 6.19. The van der Waals surface area contributed by atoms with Gasteiger partial charge in [0.1, 0.15) is 17.5 Å². The Morgan fingerprint density at radius 1 is 1.22 bits per heavy atom. The monoisotopic (exact) mass is 386 g/mol. The number of cyclic esters (lactones) is 1. The Morgan fingerprint density at radius 2 is 1.81 bits per heavy atom. The summed E-state index contributed by atoms with van der Waals surface area (Å²) in [7, 11) is 1.63. The van der Waals surface area contributed by atoms with Crippen LogP contribution in [-0.2, 0) is 19.1 Å². The van der Waals surface area contributed by atoms with Crippen molar-refractivity contribution in [3.05, 3.63) is 0 Å². The van der Waals surface area contributed by atoms with E-state index in [1.54, 1.807) is 21.0 Å². The molecule has 27 heavy (non-hydrogen) atoms. The van der Waals surface area contributed by atoms with Crippen LogP contribution in [0, 0.1) is 17.8 Å². The van der Waals surface area contributed by atoms with E-state index >= 15 is 0 Å². The van der Waals surface area contributed by atoms with Crippen LogP contribution in [0.15, 0.2) is 0 Å². The number of hydrogen-bond acceptors (Lipinski definition) is 6. The van der Waals surface area contributed by atoms with Crippen molar-refractivity contribution in [1.82, 2.24) is 0 Å². The molecule has 158 valence electrons. The summed E-state index contributed by atoms with van der Waals surface area (Å²) >= 11 is 0. The topological polar surface area (TPSA) is 93.1 Å². The van der Waals surface area contributed by atoms with Crippen LogP contribution in [0.25, 0.3) is 0 Å². The van der Waals surface area contributed by atoms with E-state index in [0.717, 1.165) is 6.42 Å². The first-order chi connectivity index (χ1) is 12.4. The number of aliphatic hydroxyl groups is 2. The number of esters is 1. The van der Waals surface area contributed by atoms with Gasteiger partial charge in [-0.05, 0) is 45.4 Å². The highest BCUT2D eigenvalue weighted by Gasteiger charge is 2.45. The Hall–Kier alpha value is -0.980. The number of ketones is 1. The zero-order chi connectivity index (χ0) is 21.0. The summed E-state index contributed by atoms with van der Waals surface area (Å²) in [6, 6.07) is 0. The van der Waals surface area contributed by atoms with Crippen molar-refractivity contribution in [3.63, 3.8) is 0 Å². The fourth-order valence-corrected chi connectivity index (χ4v) is 4.17. The number of aliphatic hydroxyl groups excluding tert-OH is 1. The van der Waals surface area contributed by atoms with Gasteiger partial charge in [-0.15, -0.1) is 0 Å². The Kier molecular flexibility index (Phi) is 8.45. The number of methoxy groups -OCH3 is 1. The number of rotatable bonds is 2. The fraction of sp³-hybridized carbons (Fsp3) is 0.905. The highest BCUT2D eigenvalue weighted by molar-refractivity contribution is 5.81. The predicted octanol–water partition coefficient (Wildman–Crippen LogP) is 2.88. The molecule has 6 heteroatoms. The maximum absolute atomic E-state index is 12.6. The quantitative estimate of drug-likeness (QED) is 0.709. The van der Waals surface area contributed by atoms with Gasteiger partial charge in [-0.2, -0.15) is 0 Å². The molecular weight excluding hydrogens is 348 g/mol. The zero-order valence-electron chi connectivity index (χ0n) is 17.9. The summed E-state index contributed by atoms with van der Waals surface area (Å²) in [6.07, 6.45) is 0.290. The minimum Gasteiger partial charge on any atom is -0.459 e. The van der Waals surface area contributed by atoms with Crippen LogP contribution >= 0.6 is 0 Å². The summed E-state index contributed by atoms with van der Waals surface area (Å²) in [5.41, 5.74) is -2.19. The van der Waals surface area contributed by atoms with Crippen LogP contribution in [-0.4, -0.2) is 52.5 Å². The van der Waals surface area contributed by atoms with E-state index in [9.17, 15) is 19.8 Å². The summed E-state index contributed by atoms with van der Waals surface area (Å²) in [5, 5.41) is 21.6. The molecule has 1 fully saturated rings. The molecule has 0 saturated carbocycles. The van der Waals surface area contributed by atoms with Gasteiger partial charge in [0.15, 0.2) is 0 Å². The van der Waals surface area contributed by atoms with Crippen LogP contribution in [0.3, 0.4) is 0 Å². The summed E-state index contributed by atoms with van der Waals surface area (Å²) in [4.78, 5) is 25.2. The molecule has 1 saturated heterocycles. The number of Topliss-reactive ketones (excluding diaryl/α,β-unsaturated/α-hetero) is 1. The lowest BCUT2D eigenvalue weighted by molar-refractivity contribution is -0.189. The SMILES string of the molecule is CC[C@H]1OC(=O)[C@H](C)C[C@H](C)C[C@](C)(OC)CCC(=O)[C@H](C)[C@@H](O)[C@]1(C)O. The number of carbonyl (C=O) groups is 2. The van der Waals surface area contributed by atoms with Gasteiger partial charge < -0.3 is 19.7 Å². The van der Waals surface area contributed by atoms with E-state index in [4.69, 9.17) is 9.47 Å². The molecule has 0 radical (unpaired) electrons. The van der Waals surface area contributed by atoms with Crippen molar-refractivity contribution >= 4 is 11.8 Å². The molecule has 1 aliphatic rings. The third-order valence-electron chi connectivity index (χ3n) is 6.19. The molecule has 7 atom stereocenters. The smallest absolute Gasteiger partial charge is 0.309 e. The van der Waals surface area contributed by atoms with Crippen molar-refractivity contribution < 1.29 is 29.3 Å². The Bertz CT molecular complexity index is 517. The number of hydrogen-bond donors (Lipinski definition) is 2. The lowest BCUT2D eigenvalue weighted by atomic mass is 9.79. The maximum Gasteiger partial charge on any atom is 0.309 e. The van der Waals surface area contributed by atoms with E-state index in [2.05, 4.69) is 6.92 Å². The van der Waals surface area contributed by atoms with Crippen LogP contribution in [0.5, 0.6) is 0 Å². The van der Waals surface area contributed by atoms with Gasteiger partial charge in [0, 0.05) is 19.4 Å². The first-order valence-electron chi connectivity index (χ1n) is 10.1. The lowest BCUT2D eigenvalue weighted by Crippen LogP contribution is -2.55. The molecule has 0 amide bonds. The minimum atomic E-state index is -1.71. The molecule has 0 aromatic carbocycles.